The minimum Gasteiger partial charge on any atom is -0.323 e. The second-order valence-corrected chi connectivity index (χ2v) is 4.24. The average molecular weight is 262 g/mol. The Balaban J connectivity index is 2.08. The van der Waals surface area contributed by atoms with Crippen LogP contribution in [0.15, 0.2) is 36.8 Å². The van der Waals surface area contributed by atoms with Gasteiger partial charge in [0, 0.05) is 18.6 Å². The third-order valence-electron chi connectivity index (χ3n) is 2.46. The van der Waals surface area contributed by atoms with Gasteiger partial charge in [-0.2, -0.15) is 0 Å². The van der Waals surface area contributed by atoms with Crippen LogP contribution in [0.4, 0.5) is 5.69 Å². The Labute approximate surface area is 110 Å². The van der Waals surface area contributed by atoms with Gasteiger partial charge >= 0.3 is 0 Å². The normalized spacial score (nSPS) is 10.1. The van der Waals surface area contributed by atoms with Crippen LogP contribution >= 0.6 is 11.6 Å². The zero-order valence-corrected chi connectivity index (χ0v) is 10.6. The number of anilines is 1. The van der Waals surface area contributed by atoms with Crippen molar-refractivity contribution in [2.75, 3.05) is 5.32 Å². The summed E-state index contributed by atoms with van der Waals surface area (Å²) in [6, 6.07) is 5.45. The Kier molecular flexibility index (Phi) is 3.89. The number of carbonyl (C=O) groups is 1. The Morgan fingerprint density at radius 2 is 2.22 bits per heavy atom. The lowest BCUT2D eigenvalue weighted by molar-refractivity contribution is -0.115. The van der Waals surface area contributed by atoms with E-state index in [1.807, 2.05) is 13.0 Å². The largest absolute Gasteiger partial charge is 0.323 e. The lowest BCUT2D eigenvalue weighted by atomic mass is 10.2. The molecule has 0 atom stereocenters. The van der Waals surface area contributed by atoms with Gasteiger partial charge in [0.1, 0.15) is 0 Å². The number of hydrogen-bond donors (Lipinski definition) is 1. The third-order valence-corrected chi connectivity index (χ3v) is 2.75. The minimum absolute atomic E-state index is 0.138. The summed E-state index contributed by atoms with van der Waals surface area (Å²) in [5, 5.41) is 3.07. The van der Waals surface area contributed by atoms with Crippen molar-refractivity contribution in [3.8, 4) is 0 Å². The van der Waals surface area contributed by atoms with Crippen molar-refractivity contribution in [3.05, 3.63) is 53.1 Å². The van der Waals surface area contributed by atoms with Gasteiger partial charge in [0.2, 0.25) is 5.91 Å². The number of rotatable bonds is 3. The maximum atomic E-state index is 11.9. The van der Waals surface area contributed by atoms with Crippen LogP contribution in [0.2, 0.25) is 5.15 Å². The molecule has 0 radical (unpaired) electrons. The van der Waals surface area contributed by atoms with Crippen LogP contribution in [0, 0.1) is 6.92 Å². The van der Waals surface area contributed by atoms with Gasteiger partial charge in [-0.3, -0.25) is 9.78 Å². The molecular weight excluding hydrogens is 250 g/mol. The minimum atomic E-state index is -0.138. The predicted molar refractivity (Wildman–Crippen MR) is 70.6 cm³/mol. The third kappa shape index (κ3) is 3.05. The Morgan fingerprint density at radius 1 is 1.39 bits per heavy atom. The maximum Gasteiger partial charge on any atom is 0.228 e. The highest BCUT2D eigenvalue weighted by molar-refractivity contribution is 6.32. The Hall–Kier alpha value is -1.94. The standard InChI is InChI=1S/C13H12ClN3O/c1-9-4-6-16-13(14)12(9)17-11(18)7-10-3-2-5-15-8-10/h2-6,8H,7H2,1H3,(H,17,18). The summed E-state index contributed by atoms with van der Waals surface area (Å²) in [6.07, 6.45) is 5.20. The van der Waals surface area contributed by atoms with Crippen molar-refractivity contribution in [2.45, 2.75) is 13.3 Å². The van der Waals surface area contributed by atoms with Crippen molar-refractivity contribution in [1.82, 2.24) is 9.97 Å². The smallest absolute Gasteiger partial charge is 0.228 e. The number of nitrogens with zero attached hydrogens (tertiary/aromatic N) is 2. The highest BCUT2D eigenvalue weighted by Gasteiger charge is 2.09. The predicted octanol–water partition coefficient (Wildman–Crippen LogP) is 2.62. The van der Waals surface area contributed by atoms with Gasteiger partial charge in [0.15, 0.2) is 5.15 Å². The molecule has 2 aromatic rings. The number of aromatic nitrogens is 2. The summed E-state index contributed by atoms with van der Waals surface area (Å²) in [5.41, 5.74) is 2.30. The molecule has 0 saturated heterocycles. The van der Waals surface area contributed by atoms with Gasteiger partial charge in [-0.1, -0.05) is 17.7 Å². The van der Waals surface area contributed by atoms with Crippen LogP contribution in [-0.4, -0.2) is 15.9 Å². The van der Waals surface area contributed by atoms with Crippen LogP contribution in [-0.2, 0) is 11.2 Å². The molecule has 0 bridgehead atoms. The molecule has 1 N–H and O–H groups in total. The number of hydrogen-bond acceptors (Lipinski definition) is 3. The fourth-order valence-corrected chi connectivity index (χ4v) is 1.80. The average Bonchev–Trinajstić information content (AvgIpc) is 2.35. The molecule has 0 aliphatic rings. The first-order valence-electron chi connectivity index (χ1n) is 5.46. The fraction of sp³-hybridized carbons (Fsp3) is 0.154. The molecule has 92 valence electrons. The van der Waals surface area contributed by atoms with E-state index in [9.17, 15) is 4.79 Å². The number of amides is 1. The van der Waals surface area contributed by atoms with Gasteiger partial charge in [0.25, 0.3) is 0 Å². The molecule has 0 fully saturated rings. The van der Waals surface area contributed by atoms with Crippen LogP contribution < -0.4 is 5.32 Å². The van der Waals surface area contributed by atoms with E-state index in [1.54, 1.807) is 30.7 Å². The summed E-state index contributed by atoms with van der Waals surface area (Å²) >= 11 is 5.94. The van der Waals surface area contributed by atoms with E-state index in [4.69, 9.17) is 11.6 Å². The molecule has 0 aromatic carbocycles. The lowest BCUT2D eigenvalue weighted by Gasteiger charge is -2.09. The van der Waals surface area contributed by atoms with E-state index in [0.717, 1.165) is 11.1 Å². The van der Waals surface area contributed by atoms with E-state index < -0.39 is 0 Å². The fourth-order valence-electron chi connectivity index (χ4n) is 1.55. The van der Waals surface area contributed by atoms with E-state index >= 15 is 0 Å². The van der Waals surface area contributed by atoms with Crippen molar-refractivity contribution in [2.24, 2.45) is 0 Å². The molecule has 2 aromatic heterocycles. The maximum absolute atomic E-state index is 11.9. The van der Waals surface area contributed by atoms with Crippen molar-refractivity contribution >= 4 is 23.2 Å². The molecule has 0 saturated carbocycles. The van der Waals surface area contributed by atoms with E-state index in [2.05, 4.69) is 15.3 Å². The molecular formula is C13H12ClN3O. The van der Waals surface area contributed by atoms with Gasteiger partial charge < -0.3 is 5.32 Å². The van der Waals surface area contributed by atoms with Crippen molar-refractivity contribution in [1.29, 1.82) is 0 Å². The monoisotopic (exact) mass is 261 g/mol. The molecule has 0 aliphatic heterocycles. The first kappa shape index (κ1) is 12.5. The van der Waals surface area contributed by atoms with Gasteiger partial charge in [-0.05, 0) is 30.2 Å². The molecule has 1 amide bonds. The molecule has 4 nitrogen and oxygen atoms in total. The number of nitrogens with one attached hydrogen (secondary N) is 1. The van der Waals surface area contributed by atoms with E-state index in [0.29, 0.717) is 10.8 Å². The van der Waals surface area contributed by atoms with E-state index in [1.165, 1.54) is 0 Å². The number of carbonyl (C=O) groups excluding carboxylic acids is 1. The van der Waals surface area contributed by atoms with Crippen LogP contribution in [0.1, 0.15) is 11.1 Å². The lowest BCUT2D eigenvalue weighted by Crippen LogP contribution is -2.15. The molecule has 5 heteroatoms. The molecule has 2 rings (SSSR count). The van der Waals surface area contributed by atoms with Gasteiger partial charge in [-0.25, -0.2) is 4.98 Å². The van der Waals surface area contributed by atoms with Crippen molar-refractivity contribution in [3.63, 3.8) is 0 Å². The first-order valence-corrected chi connectivity index (χ1v) is 5.84. The molecule has 0 spiro atoms. The van der Waals surface area contributed by atoms with Crippen LogP contribution in [0.3, 0.4) is 0 Å². The summed E-state index contributed by atoms with van der Waals surface area (Å²) < 4.78 is 0. The highest BCUT2D eigenvalue weighted by atomic mass is 35.5. The Morgan fingerprint density at radius 3 is 2.89 bits per heavy atom. The van der Waals surface area contributed by atoms with Gasteiger partial charge in [0.05, 0.1) is 12.1 Å². The SMILES string of the molecule is Cc1ccnc(Cl)c1NC(=O)Cc1cccnc1. The number of halogens is 1. The zero-order chi connectivity index (χ0) is 13.0. The highest BCUT2D eigenvalue weighted by Crippen LogP contribution is 2.22. The Bertz CT molecular complexity index is 537. The molecule has 18 heavy (non-hydrogen) atoms. The number of pyridine rings is 2. The van der Waals surface area contributed by atoms with Crippen LogP contribution in [0.25, 0.3) is 0 Å². The second-order valence-electron chi connectivity index (χ2n) is 3.88. The molecule has 2 heterocycles. The summed E-state index contributed by atoms with van der Waals surface area (Å²) in [5.74, 6) is -0.138. The second kappa shape index (κ2) is 5.60. The first-order chi connectivity index (χ1) is 8.66. The molecule has 0 unspecified atom stereocenters. The topological polar surface area (TPSA) is 54.9 Å². The molecule has 0 aliphatic carbocycles. The summed E-state index contributed by atoms with van der Waals surface area (Å²) in [4.78, 5) is 19.8. The van der Waals surface area contributed by atoms with E-state index in [-0.39, 0.29) is 12.3 Å². The quantitative estimate of drug-likeness (QED) is 0.864. The van der Waals surface area contributed by atoms with Crippen molar-refractivity contribution < 1.29 is 4.79 Å². The summed E-state index contributed by atoms with van der Waals surface area (Å²) in [7, 11) is 0. The van der Waals surface area contributed by atoms with Gasteiger partial charge in [-0.15, -0.1) is 0 Å². The zero-order valence-electron chi connectivity index (χ0n) is 9.85. The van der Waals surface area contributed by atoms with Crippen LogP contribution in [0.5, 0.6) is 0 Å². The summed E-state index contributed by atoms with van der Waals surface area (Å²) in [6.45, 7) is 1.87. The number of aryl methyl sites for hydroxylation is 1.